The molecule has 8 heteroatoms. The lowest BCUT2D eigenvalue weighted by atomic mass is 9.90. The fourth-order valence-corrected chi connectivity index (χ4v) is 2.85. The van der Waals surface area contributed by atoms with E-state index >= 15 is 0 Å². The summed E-state index contributed by atoms with van der Waals surface area (Å²) in [6.45, 7) is -1.97. The molecule has 25 heavy (non-hydrogen) atoms. The van der Waals surface area contributed by atoms with Crippen LogP contribution in [0.4, 0.5) is 0 Å². The maximum absolute atomic E-state index is 9.80. The van der Waals surface area contributed by atoms with Crippen LogP contribution in [0.15, 0.2) is 17.1 Å². The summed E-state index contributed by atoms with van der Waals surface area (Å²) in [7, 11) is 0. The highest BCUT2D eigenvalue weighted by atomic mass is 16.3. The lowest BCUT2D eigenvalue weighted by Crippen LogP contribution is -2.04. The van der Waals surface area contributed by atoms with Crippen molar-refractivity contribution in [2.24, 2.45) is 4.99 Å². The van der Waals surface area contributed by atoms with Crippen molar-refractivity contribution < 1.29 is 25.5 Å². The summed E-state index contributed by atoms with van der Waals surface area (Å²) < 4.78 is 0. The second-order valence-electron chi connectivity index (χ2n) is 5.19. The number of nitriles is 1. The number of rotatable bonds is 7. The normalized spacial score (nSPS) is 11.2. The average Bonchev–Trinajstić information content (AvgIpc) is 3.01. The van der Waals surface area contributed by atoms with Crippen LogP contribution in [-0.4, -0.2) is 43.5 Å². The molecule has 0 aliphatic carbocycles. The number of benzene rings is 1. The van der Waals surface area contributed by atoms with Crippen LogP contribution in [0.2, 0.25) is 0 Å². The van der Waals surface area contributed by atoms with E-state index in [1.54, 1.807) is 12.1 Å². The third-order valence-corrected chi connectivity index (χ3v) is 3.99. The monoisotopic (exact) mass is 345 g/mol. The van der Waals surface area contributed by atoms with Crippen LogP contribution in [0, 0.1) is 11.3 Å². The molecule has 0 radical (unpaired) electrons. The molecule has 0 saturated heterocycles. The first kappa shape index (κ1) is 18.8. The topological polar surface area (TPSA) is 153 Å². The molecule has 1 heterocycles. The molecular weight excluding hydrogens is 326 g/mol. The van der Waals surface area contributed by atoms with E-state index in [0.717, 1.165) is 0 Å². The Labute approximate surface area is 144 Å². The lowest BCUT2D eigenvalue weighted by Gasteiger charge is -2.16. The van der Waals surface area contributed by atoms with E-state index in [4.69, 9.17) is 5.11 Å². The second-order valence-corrected chi connectivity index (χ2v) is 5.19. The molecule has 0 atom stereocenters. The van der Waals surface area contributed by atoms with E-state index in [2.05, 4.69) is 9.98 Å². The molecule has 0 fully saturated rings. The number of aliphatic imine (C=N–C) groups is 1. The Morgan fingerprint density at radius 3 is 2.16 bits per heavy atom. The zero-order valence-corrected chi connectivity index (χ0v) is 13.4. The molecule has 0 amide bonds. The predicted octanol–water partition coefficient (Wildman–Crippen LogP) is -0.109. The smallest absolute Gasteiger partial charge is 0.134 e. The molecule has 8 nitrogen and oxygen atoms in total. The maximum Gasteiger partial charge on any atom is 0.134 e. The summed E-state index contributed by atoms with van der Waals surface area (Å²) in [6, 6.07) is 5.19. The lowest BCUT2D eigenvalue weighted by molar-refractivity contribution is 0.248. The summed E-state index contributed by atoms with van der Waals surface area (Å²) in [5.41, 5.74) is 3.01. The van der Waals surface area contributed by atoms with Gasteiger partial charge in [-0.25, -0.2) is 0 Å². The van der Waals surface area contributed by atoms with Gasteiger partial charge < -0.3 is 30.5 Å². The van der Waals surface area contributed by atoms with E-state index < -0.39 is 19.9 Å². The molecule has 2 rings (SSSR count). The van der Waals surface area contributed by atoms with Gasteiger partial charge in [0, 0.05) is 17.3 Å². The Hall–Kier alpha value is -2.54. The molecule has 132 valence electrons. The third kappa shape index (κ3) is 3.46. The molecule has 0 spiro atoms. The van der Waals surface area contributed by atoms with Crippen LogP contribution in [0.3, 0.4) is 0 Å². The number of aliphatic hydroxyl groups is 5. The highest BCUT2D eigenvalue weighted by Crippen LogP contribution is 2.35. The highest BCUT2D eigenvalue weighted by Gasteiger charge is 2.22. The average molecular weight is 345 g/mol. The molecule has 0 bridgehead atoms. The molecule has 1 aromatic carbocycles. The van der Waals surface area contributed by atoms with Gasteiger partial charge in [0.25, 0.3) is 0 Å². The summed E-state index contributed by atoms with van der Waals surface area (Å²) in [5, 5.41) is 56.7. The number of aromatic amines is 1. The maximum atomic E-state index is 9.80. The summed E-state index contributed by atoms with van der Waals surface area (Å²) in [5.74, 6) is 0. The third-order valence-electron chi connectivity index (χ3n) is 3.99. The van der Waals surface area contributed by atoms with Crippen molar-refractivity contribution >= 4 is 6.21 Å². The fourth-order valence-electron chi connectivity index (χ4n) is 2.85. The minimum absolute atomic E-state index is 0.137. The van der Waals surface area contributed by atoms with Crippen LogP contribution < -0.4 is 0 Å². The molecule has 0 unspecified atom stereocenters. The Morgan fingerprint density at radius 1 is 0.960 bits per heavy atom. The van der Waals surface area contributed by atoms with Gasteiger partial charge >= 0.3 is 0 Å². The van der Waals surface area contributed by atoms with Gasteiger partial charge in [-0.2, -0.15) is 5.26 Å². The van der Waals surface area contributed by atoms with Gasteiger partial charge in [-0.1, -0.05) is 12.1 Å². The Balaban J connectivity index is 2.83. The number of nitrogens with one attached hydrogen (secondary N) is 1. The first-order valence-corrected chi connectivity index (χ1v) is 7.49. The van der Waals surface area contributed by atoms with Crippen molar-refractivity contribution in [2.45, 2.75) is 26.4 Å². The fraction of sp³-hybridized carbons (Fsp3) is 0.294. The highest BCUT2D eigenvalue weighted by molar-refractivity contribution is 5.92. The molecule has 0 aliphatic rings. The molecule has 6 N–H and O–H groups in total. The molecule has 2 aromatic rings. The van der Waals surface area contributed by atoms with E-state index in [1.165, 1.54) is 6.21 Å². The molecule has 0 aliphatic heterocycles. The van der Waals surface area contributed by atoms with Gasteiger partial charge in [0.1, 0.15) is 18.5 Å². The van der Waals surface area contributed by atoms with Crippen LogP contribution in [0.5, 0.6) is 0 Å². The van der Waals surface area contributed by atoms with E-state index in [1.807, 2.05) is 6.07 Å². The summed E-state index contributed by atoms with van der Waals surface area (Å²) in [4.78, 5) is 6.57. The SMILES string of the molecule is N#Cc1[nH]c(/C=N/CO)c(-c2ccc(CO)c(CO)c2CO)c1CO. The Bertz CT molecular complexity index is 821. The van der Waals surface area contributed by atoms with E-state index in [-0.39, 0.29) is 18.9 Å². The zero-order chi connectivity index (χ0) is 18.4. The van der Waals surface area contributed by atoms with Crippen molar-refractivity contribution in [2.75, 3.05) is 6.73 Å². The Morgan fingerprint density at radius 2 is 1.64 bits per heavy atom. The van der Waals surface area contributed by atoms with Crippen molar-refractivity contribution in [3.05, 3.63) is 45.8 Å². The van der Waals surface area contributed by atoms with E-state index in [9.17, 15) is 25.7 Å². The van der Waals surface area contributed by atoms with Crippen molar-refractivity contribution in [3.63, 3.8) is 0 Å². The van der Waals surface area contributed by atoms with Gasteiger partial charge in [-0.3, -0.25) is 4.99 Å². The van der Waals surface area contributed by atoms with Gasteiger partial charge in [0.05, 0.1) is 32.1 Å². The second kappa shape index (κ2) is 8.53. The van der Waals surface area contributed by atoms with Crippen LogP contribution in [-0.2, 0) is 26.4 Å². The van der Waals surface area contributed by atoms with E-state index in [0.29, 0.717) is 39.1 Å². The van der Waals surface area contributed by atoms with Crippen LogP contribution in [0.1, 0.15) is 33.6 Å². The number of hydrogen-bond donors (Lipinski definition) is 6. The van der Waals surface area contributed by atoms with Gasteiger partial charge in [0.2, 0.25) is 0 Å². The van der Waals surface area contributed by atoms with Gasteiger partial charge in [0.15, 0.2) is 0 Å². The predicted molar refractivity (Wildman–Crippen MR) is 89.3 cm³/mol. The first-order valence-electron chi connectivity index (χ1n) is 7.49. The largest absolute Gasteiger partial charge is 0.392 e. The zero-order valence-electron chi connectivity index (χ0n) is 13.4. The summed E-state index contributed by atoms with van der Waals surface area (Å²) in [6.07, 6.45) is 1.33. The number of H-pyrrole nitrogens is 1. The Kier molecular flexibility index (Phi) is 6.41. The summed E-state index contributed by atoms with van der Waals surface area (Å²) >= 11 is 0. The molecule has 0 saturated carbocycles. The number of aromatic nitrogens is 1. The minimum Gasteiger partial charge on any atom is -0.392 e. The number of aliphatic hydroxyl groups excluding tert-OH is 5. The number of nitrogens with zero attached hydrogens (tertiary/aromatic N) is 2. The van der Waals surface area contributed by atoms with Gasteiger partial charge in [-0.15, -0.1) is 0 Å². The van der Waals surface area contributed by atoms with Crippen molar-refractivity contribution in [1.29, 1.82) is 5.26 Å². The van der Waals surface area contributed by atoms with Crippen molar-refractivity contribution in [3.8, 4) is 17.2 Å². The molecular formula is C17H19N3O5. The standard InChI is InChI=1S/C17H19N3O5/c18-3-15-14(8-24)17(16(20-15)4-19-9-25)11-2-1-10(5-21)12(6-22)13(11)7-23/h1-2,4,20-25H,5-9H2/b19-4+. The van der Waals surface area contributed by atoms with Crippen LogP contribution >= 0.6 is 0 Å². The molecule has 1 aromatic heterocycles. The minimum atomic E-state index is -0.451. The van der Waals surface area contributed by atoms with Crippen molar-refractivity contribution in [1.82, 2.24) is 4.98 Å². The first-order chi connectivity index (χ1) is 12.2. The van der Waals surface area contributed by atoms with Gasteiger partial charge in [-0.05, 0) is 22.3 Å². The number of hydrogen-bond acceptors (Lipinski definition) is 7. The quantitative estimate of drug-likeness (QED) is 0.385. The van der Waals surface area contributed by atoms with Crippen LogP contribution in [0.25, 0.3) is 11.1 Å².